The third-order valence-electron chi connectivity index (χ3n) is 3.15. The van der Waals surface area contributed by atoms with Gasteiger partial charge in [-0.15, -0.1) is 0 Å². The largest absolute Gasteiger partial charge is 0.492 e. The lowest BCUT2D eigenvalue weighted by atomic mass is 10.1. The molecule has 88 valence electrons. The van der Waals surface area contributed by atoms with Crippen molar-refractivity contribution in [2.45, 2.75) is 26.2 Å². The molecule has 0 radical (unpaired) electrons. The summed E-state index contributed by atoms with van der Waals surface area (Å²) < 4.78 is 5.72. The molecule has 1 aliphatic rings. The maximum atomic E-state index is 5.72. The van der Waals surface area contributed by atoms with E-state index in [4.69, 9.17) is 4.74 Å². The van der Waals surface area contributed by atoms with Crippen molar-refractivity contribution >= 4 is 0 Å². The van der Waals surface area contributed by atoms with E-state index in [2.05, 4.69) is 24.0 Å². The van der Waals surface area contributed by atoms with Crippen molar-refractivity contribution in [3.63, 3.8) is 0 Å². The summed E-state index contributed by atoms with van der Waals surface area (Å²) in [5.74, 6) is 0.989. The maximum Gasteiger partial charge on any atom is 0.119 e. The number of rotatable bonds is 4. The first kappa shape index (κ1) is 11.5. The van der Waals surface area contributed by atoms with Crippen molar-refractivity contribution in [3.8, 4) is 5.75 Å². The fourth-order valence-electron chi connectivity index (χ4n) is 2.11. The van der Waals surface area contributed by atoms with E-state index in [1.54, 1.807) is 0 Å². The van der Waals surface area contributed by atoms with Gasteiger partial charge in [-0.3, -0.25) is 4.90 Å². The van der Waals surface area contributed by atoms with E-state index in [0.29, 0.717) is 0 Å². The van der Waals surface area contributed by atoms with Crippen molar-refractivity contribution in [2.75, 3.05) is 26.2 Å². The molecule has 1 aromatic carbocycles. The topological polar surface area (TPSA) is 12.5 Å². The van der Waals surface area contributed by atoms with E-state index in [1.807, 2.05) is 12.1 Å². The highest BCUT2D eigenvalue weighted by Crippen LogP contribution is 2.12. The minimum atomic E-state index is 0.809. The second-order valence-electron chi connectivity index (χ2n) is 4.56. The molecular weight excluding hydrogens is 198 g/mol. The first-order chi connectivity index (χ1) is 7.84. The predicted molar refractivity (Wildman–Crippen MR) is 67.0 cm³/mol. The van der Waals surface area contributed by atoms with Crippen LogP contribution in [0.3, 0.4) is 0 Å². The molecule has 1 aliphatic heterocycles. The standard InChI is InChI=1S/C14H21NO/c1-13-5-7-14(8-6-13)16-12-11-15-9-3-2-4-10-15/h5-8H,2-4,9-12H2,1H3. The number of likely N-dealkylation sites (tertiary alicyclic amines) is 1. The first-order valence-electron chi connectivity index (χ1n) is 6.26. The van der Waals surface area contributed by atoms with Crippen LogP contribution in [-0.2, 0) is 0 Å². The van der Waals surface area contributed by atoms with Crippen molar-refractivity contribution in [1.82, 2.24) is 4.90 Å². The zero-order chi connectivity index (χ0) is 11.2. The average Bonchev–Trinajstić information content (AvgIpc) is 2.33. The van der Waals surface area contributed by atoms with Crippen LogP contribution in [-0.4, -0.2) is 31.1 Å². The molecule has 1 saturated heterocycles. The average molecular weight is 219 g/mol. The Morgan fingerprint density at radius 2 is 1.75 bits per heavy atom. The molecule has 0 atom stereocenters. The molecule has 0 aromatic heterocycles. The molecule has 0 spiro atoms. The van der Waals surface area contributed by atoms with Crippen LogP contribution < -0.4 is 4.74 Å². The zero-order valence-electron chi connectivity index (χ0n) is 10.1. The van der Waals surface area contributed by atoms with Crippen molar-refractivity contribution in [3.05, 3.63) is 29.8 Å². The van der Waals surface area contributed by atoms with E-state index in [-0.39, 0.29) is 0 Å². The molecule has 0 amide bonds. The summed E-state index contributed by atoms with van der Waals surface area (Å²) in [6.07, 6.45) is 4.10. The molecule has 0 unspecified atom stereocenters. The number of piperidine rings is 1. The van der Waals surface area contributed by atoms with Gasteiger partial charge in [0.15, 0.2) is 0 Å². The van der Waals surface area contributed by atoms with Gasteiger partial charge < -0.3 is 4.74 Å². The third-order valence-corrected chi connectivity index (χ3v) is 3.15. The Bertz CT molecular complexity index is 301. The van der Waals surface area contributed by atoms with Gasteiger partial charge in [0.2, 0.25) is 0 Å². The lowest BCUT2D eigenvalue weighted by molar-refractivity contribution is 0.183. The molecule has 2 nitrogen and oxygen atoms in total. The molecule has 0 N–H and O–H groups in total. The Hall–Kier alpha value is -1.02. The number of nitrogens with zero attached hydrogens (tertiary/aromatic N) is 1. The summed E-state index contributed by atoms with van der Waals surface area (Å²) >= 11 is 0. The van der Waals surface area contributed by atoms with E-state index < -0.39 is 0 Å². The van der Waals surface area contributed by atoms with Crippen LogP contribution in [0, 0.1) is 6.92 Å². The summed E-state index contributed by atoms with van der Waals surface area (Å²) in [4.78, 5) is 2.50. The van der Waals surface area contributed by atoms with Crippen molar-refractivity contribution in [2.24, 2.45) is 0 Å². The van der Waals surface area contributed by atoms with E-state index in [9.17, 15) is 0 Å². The molecule has 0 bridgehead atoms. The Morgan fingerprint density at radius 1 is 1.06 bits per heavy atom. The fraction of sp³-hybridized carbons (Fsp3) is 0.571. The van der Waals surface area contributed by atoms with Gasteiger partial charge in [-0.1, -0.05) is 24.1 Å². The first-order valence-corrected chi connectivity index (χ1v) is 6.26. The fourth-order valence-corrected chi connectivity index (χ4v) is 2.11. The van der Waals surface area contributed by atoms with Gasteiger partial charge in [-0.2, -0.15) is 0 Å². The second-order valence-corrected chi connectivity index (χ2v) is 4.56. The normalized spacial score (nSPS) is 17.3. The van der Waals surface area contributed by atoms with Crippen LogP contribution in [0.2, 0.25) is 0 Å². The molecule has 16 heavy (non-hydrogen) atoms. The minimum Gasteiger partial charge on any atom is -0.492 e. The van der Waals surface area contributed by atoms with Crippen LogP contribution in [0.4, 0.5) is 0 Å². The number of benzene rings is 1. The van der Waals surface area contributed by atoms with Gasteiger partial charge in [0.05, 0.1) is 0 Å². The van der Waals surface area contributed by atoms with Gasteiger partial charge in [0, 0.05) is 6.54 Å². The van der Waals surface area contributed by atoms with Crippen molar-refractivity contribution in [1.29, 1.82) is 0 Å². The van der Waals surface area contributed by atoms with Crippen molar-refractivity contribution < 1.29 is 4.74 Å². The number of hydrogen-bond donors (Lipinski definition) is 0. The quantitative estimate of drug-likeness (QED) is 0.772. The molecule has 1 heterocycles. The SMILES string of the molecule is Cc1ccc(OCCN2CCCCC2)cc1. The van der Waals surface area contributed by atoms with E-state index in [0.717, 1.165) is 18.9 Å². The lowest BCUT2D eigenvalue weighted by Gasteiger charge is -2.26. The van der Waals surface area contributed by atoms with Crippen LogP contribution in [0.15, 0.2) is 24.3 Å². The molecule has 1 aromatic rings. The summed E-state index contributed by atoms with van der Waals surface area (Å²) in [5.41, 5.74) is 1.28. The van der Waals surface area contributed by atoms with Crippen LogP contribution in [0.1, 0.15) is 24.8 Å². The predicted octanol–water partition coefficient (Wildman–Crippen LogP) is 2.86. The molecular formula is C14H21NO. The Balaban J connectivity index is 1.69. The number of ether oxygens (including phenoxy) is 1. The van der Waals surface area contributed by atoms with E-state index >= 15 is 0 Å². The smallest absolute Gasteiger partial charge is 0.119 e. The maximum absolute atomic E-state index is 5.72. The van der Waals surface area contributed by atoms with Gasteiger partial charge >= 0.3 is 0 Å². The highest BCUT2D eigenvalue weighted by atomic mass is 16.5. The molecule has 0 saturated carbocycles. The monoisotopic (exact) mass is 219 g/mol. The van der Waals surface area contributed by atoms with Crippen LogP contribution in [0.25, 0.3) is 0 Å². The highest BCUT2D eigenvalue weighted by Gasteiger charge is 2.09. The number of aryl methyl sites for hydroxylation is 1. The molecule has 0 aliphatic carbocycles. The summed E-state index contributed by atoms with van der Waals surface area (Å²) in [7, 11) is 0. The highest BCUT2D eigenvalue weighted by molar-refractivity contribution is 5.26. The Kier molecular flexibility index (Phi) is 4.23. The van der Waals surface area contributed by atoms with E-state index in [1.165, 1.54) is 37.9 Å². The van der Waals surface area contributed by atoms with Crippen LogP contribution in [0.5, 0.6) is 5.75 Å². The minimum absolute atomic E-state index is 0.809. The summed E-state index contributed by atoms with van der Waals surface area (Å²) in [6, 6.07) is 8.28. The lowest BCUT2D eigenvalue weighted by Crippen LogP contribution is -2.33. The molecule has 1 fully saturated rings. The van der Waals surface area contributed by atoms with Gasteiger partial charge in [0.25, 0.3) is 0 Å². The van der Waals surface area contributed by atoms with Gasteiger partial charge in [0.1, 0.15) is 12.4 Å². The summed E-state index contributed by atoms with van der Waals surface area (Å²) in [5, 5.41) is 0. The van der Waals surface area contributed by atoms with Gasteiger partial charge in [-0.05, 0) is 45.0 Å². The summed E-state index contributed by atoms with van der Waals surface area (Å²) in [6.45, 7) is 6.46. The third kappa shape index (κ3) is 3.53. The zero-order valence-corrected chi connectivity index (χ0v) is 10.1. The van der Waals surface area contributed by atoms with Gasteiger partial charge in [-0.25, -0.2) is 0 Å². The second kappa shape index (κ2) is 5.90. The molecule has 2 heteroatoms. The Morgan fingerprint density at radius 3 is 2.44 bits per heavy atom. The van der Waals surface area contributed by atoms with Crippen LogP contribution >= 0.6 is 0 Å². The number of hydrogen-bond acceptors (Lipinski definition) is 2. The molecule has 2 rings (SSSR count). The Labute approximate surface area is 98.2 Å².